The highest BCUT2D eigenvalue weighted by Gasteiger charge is 2.29. The summed E-state index contributed by atoms with van der Waals surface area (Å²) in [6, 6.07) is 3.69. The van der Waals surface area contributed by atoms with Crippen LogP contribution >= 0.6 is 0 Å². The lowest BCUT2D eigenvalue weighted by Gasteiger charge is -2.32. The van der Waals surface area contributed by atoms with Gasteiger partial charge in [-0.25, -0.2) is 0 Å². The van der Waals surface area contributed by atoms with Crippen LogP contribution in [0.2, 0.25) is 0 Å². The van der Waals surface area contributed by atoms with Gasteiger partial charge in [-0.15, -0.1) is 19.3 Å². The van der Waals surface area contributed by atoms with Crippen molar-refractivity contribution in [3.8, 4) is 54.3 Å². The topological polar surface area (TPSA) is 27.7 Å². The summed E-state index contributed by atoms with van der Waals surface area (Å²) in [5.41, 5.74) is 1.07. The zero-order valence-corrected chi connectivity index (χ0v) is 15.5. The molecule has 0 heterocycles. The Labute approximate surface area is 152 Å². The lowest BCUT2D eigenvalue weighted by Crippen LogP contribution is -2.20. The molecule has 0 N–H and O–H groups in total. The number of hydrogen-bond acceptors (Lipinski definition) is 3. The van der Waals surface area contributed by atoms with Gasteiger partial charge in [-0.3, -0.25) is 0 Å². The number of terminal acetylenes is 3. The van der Waals surface area contributed by atoms with Gasteiger partial charge in [0.05, 0.1) is 0 Å². The smallest absolute Gasteiger partial charge is 0.166 e. The molecule has 1 aromatic rings. The number of rotatable bonds is 9. The Hall–Kier alpha value is -2.70. The second kappa shape index (κ2) is 9.56. The Morgan fingerprint density at radius 2 is 1.32 bits per heavy atom. The maximum absolute atomic E-state index is 5.76. The molecule has 1 unspecified atom stereocenters. The molecule has 0 spiro atoms. The van der Waals surface area contributed by atoms with E-state index in [9.17, 15) is 0 Å². The average molecular weight is 338 g/mol. The number of ether oxygens (including phenoxy) is 3. The van der Waals surface area contributed by atoms with E-state index in [4.69, 9.17) is 33.5 Å². The number of benzene rings is 1. The van der Waals surface area contributed by atoms with Gasteiger partial charge >= 0.3 is 0 Å². The quantitative estimate of drug-likeness (QED) is 0.630. The molecule has 0 aromatic heterocycles. The van der Waals surface area contributed by atoms with Gasteiger partial charge in [0.2, 0.25) is 0 Å². The second-order valence-electron chi connectivity index (χ2n) is 6.38. The Balaban J connectivity index is 3.42. The van der Waals surface area contributed by atoms with Crippen LogP contribution in [0.1, 0.15) is 45.6 Å². The van der Waals surface area contributed by atoms with Crippen molar-refractivity contribution < 1.29 is 14.2 Å². The predicted octanol–water partition coefficient (Wildman–Crippen LogP) is 4.26. The highest BCUT2D eigenvalue weighted by molar-refractivity contribution is 5.52. The molecule has 0 aliphatic carbocycles. The average Bonchev–Trinajstić information content (AvgIpc) is 2.62. The summed E-state index contributed by atoms with van der Waals surface area (Å²) in [4.78, 5) is 0. The molecule has 3 nitrogen and oxygen atoms in total. The monoisotopic (exact) mass is 338 g/mol. The largest absolute Gasteiger partial charge is 0.481 e. The fourth-order valence-corrected chi connectivity index (χ4v) is 2.33. The van der Waals surface area contributed by atoms with Gasteiger partial charge in [-0.2, -0.15) is 0 Å². The zero-order valence-electron chi connectivity index (χ0n) is 15.5. The normalized spacial score (nSPS) is 11.6. The molecule has 25 heavy (non-hydrogen) atoms. The van der Waals surface area contributed by atoms with E-state index < -0.39 is 0 Å². The van der Waals surface area contributed by atoms with E-state index in [1.54, 1.807) is 6.07 Å². The van der Waals surface area contributed by atoms with Crippen LogP contribution in [0.15, 0.2) is 12.1 Å². The van der Waals surface area contributed by atoms with Crippen molar-refractivity contribution in [1.82, 2.24) is 0 Å². The first kappa shape index (κ1) is 20.3. The highest BCUT2D eigenvalue weighted by Crippen LogP contribution is 2.45. The van der Waals surface area contributed by atoms with Gasteiger partial charge in [-0.1, -0.05) is 51.9 Å². The first-order valence-corrected chi connectivity index (χ1v) is 8.28. The van der Waals surface area contributed by atoms with Crippen LogP contribution < -0.4 is 14.2 Å². The molecule has 3 heteroatoms. The zero-order chi connectivity index (χ0) is 18.9. The molecule has 1 atom stereocenters. The van der Waals surface area contributed by atoms with Crippen LogP contribution in [0.4, 0.5) is 0 Å². The second-order valence-corrected chi connectivity index (χ2v) is 6.38. The summed E-state index contributed by atoms with van der Waals surface area (Å²) >= 11 is 0. The van der Waals surface area contributed by atoms with E-state index in [1.165, 1.54) is 0 Å². The first-order chi connectivity index (χ1) is 11.9. The first-order valence-electron chi connectivity index (χ1n) is 8.28. The van der Waals surface area contributed by atoms with E-state index in [1.807, 2.05) is 6.07 Å². The van der Waals surface area contributed by atoms with Crippen molar-refractivity contribution in [3.63, 3.8) is 0 Å². The van der Waals surface area contributed by atoms with Gasteiger partial charge < -0.3 is 14.2 Å². The Morgan fingerprint density at radius 3 is 1.76 bits per heavy atom. The molecule has 0 saturated carbocycles. The van der Waals surface area contributed by atoms with E-state index >= 15 is 0 Å². The van der Waals surface area contributed by atoms with Crippen LogP contribution in [-0.2, 0) is 0 Å². The molecular formula is C22H26O3. The molecule has 0 fully saturated rings. The molecule has 132 valence electrons. The van der Waals surface area contributed by atoms with E-state index in [2.05, 4.69) is 45.5 Å². The van der Waals surface area contributed by atoms with Crippen molar-refractivity contribution >= 4 is 0 Å². The third kappa shape index (κ3) is 5.41. The minimum absolute atomic E-state index is 0.0683. The summed E-state index contributed by atoms with van der Waals surface area (Å²) in [6.45, 7) is 9.19. The lowest BCUT2D eigenvalue weighted by atomic mass is 9.74. The third-order valence-electron chi connectivity index (χ3n) is 4.56. The standard InChI is InChI=1S/C22H26O3/c1-8-12-23-19-16-21(25-14-10-3)20(24-13-9-2)15-18(19)17(5)22(6,7)11-4/h1-3,15-17H,11-14H2,4-7H3. The van der Waals surface area contributed by atoms with Crippen molar-refractivity contribution in [2.24, 2.45) is 5.41 Å². The molecule has 0 radical (unpaired) electrons. The van der Waals surface area contributed by atoms with Crippen LogP contribution in [0.3, 0.4) is 0 Å². The fraction of sp³-hybridized carbons (Fsp3) is 0.455. The van der Waals surface area contributed by atoms with Crippen LogP contribution in [0, 0.1) is 42.4 Å². The van der Waals surface area contributed by atoms with Crippen molar-refractivity contribution in [1.29, 1.82) is 0 Å². The molecule has 0 aliphatic rings. The van der Waals surface area contributed by atoms with E-state index in [-0.39, 0.29) is 31.2 Å². The van der Waals surface area contributed by atoms with Gasteiger partial charge in [0.15, 0.2) is 11.5 Å². The van der Waals surface area contributed by atoms with E-state index in [0.717, 1.165) is 12.0 Å². The summed E-state index contributed by atoms with van der Waals surface area (Å²) in [6.07, 6.45) is 17.0. The van der Waals surface area contributed by atoms with E-state index in [0.29, 0.717) is 17.2 Å². The highest BCUT2D eigenvalue weighted by atomic mass is 16.5. The third-order valence-corrected chi connectivity index (χ3v) is 4.56. The molecule has 0 amide bonds. The van der Waals surface area contributed by atoms with Crippen LogP contribution in [0.25, 0.3) is 0 Å². The van der Waals surface area contributed by atoms with Crippen molar-refractivity contribution in [3.05, 3.63) is 17.7 Å². The molecule has 0 saturated heterocycles. The van der Waals surface area contributed by atoms with Crippen LogP contribution in [-0.4, -0.2) is 19.8 Å². The Kier molecular flexibility index (Phi) is 7.78. The molecule has 1 rings (SSSR count). The summed E-state index contributed by atoms with van der Waals surface area (Å²) in [7, 11) is 0. The number of hydrogen-bond donors (Lipinski definition) is 0. The molecule has 1 aromatic carbocycles. The van der Waals surface area contributed by atoms with Crippen molar-refractivity contribution in [2.45, 2.75) is 40.0 Å². The molecule has 0 bridgehead atoms. The summed E-state index contributed by atoms with van der Waals surface area (Å²) in [5.74, 6) is 9.32. The Bertz CT molecular complexity index is 696. The minimum Gasteiger partial charge on any atom is -0.481 e. The minimum atomic E-state index is 0.0683. The van der Waals surface area contributed by atoms with Crippen LogP contribution in [0.5, 0.6) is 17.2 Å². The Morgan fingerprint density at radius 1 is 0.880 bits per heavy atom. The SMILES string of the molecule is C#CCOc1cc(OCC#C)c(C(C)C(C)(C)CC)cc1OCC#C. The summed E-state index contributed by atoms with van der Waals surface area (Å²) in [5, 5.41) is 0. The van der Waals surface area contributed by atoms with Crippen molar-refractivity contribution in [2.75, 3.05) is 19.8 Å². The van der Waals surface area contributed by atoms with Gasteiger partial charge in [0.1, 0.15) is 25.6 Å². The van der Waals surface area contributed by atoms with Gasteiger partial charge in [0.25, 0.3) is 0 Å². The fourth-order valence-electron chi connectivity index (χ4n) is 2.33. The maximum Gasteiger partial charge on any atom is 0.166 e. The summed E-state index contributed by atoms with van der Waals surface area (Å²) < 4.78 is 17.0. The predicted molar refractivity (Wildman–Crippen MR) is 102 cm³/mol. The lowest BCUT2D eigenvalue weighted by molar-refractivity contribution is 0.272. The molecule has 0 aliphatic heterocycles. The maximum atomic E-state index is 5.76. The van der Waals surface area contributed by atoms with Gasteiger partial charge in [-0.05, 0) is 17.4 Å². The molecular weight excluding hydrogens is 312 g/mol. The van der Waals surface area contributed by atoms with Gasteiger partial charge in [0, 0.05) is 11.6 Å².